The van der Waals surface area contributed by atoms with Gasteiger partial charge in [0.2, 0.25) is 0 Å². The third-order valence-corrected chi connectivity index (χ3v) is 8.76. The van der Waals surface area contributed by atoms with Gasteiger partial charge in [-0.15, -0.1) is 0 Å². The molecule has 3 N–H and O–H groups in total. The van der Waals surface area contributed by atoms with Crippen molar-refractivity contribution in [3.63, 3.8) is 0 Å². The fourth-order valence-corrected chi connectivity index (χ4v) is 7.24. The molecule has 0 saturated heterocycles. The van der Waals surface area contributed by atoms with Gasteiger partial charge in [0.05, 0.1) is 0 Å². The minimum absolute atomic E-state index is 0.0449. The van der Waals surface area contributed by atoms with Crippen molar-refractivity contribution < 1.29 is 9.59 Å². The molecule has 4 fully saturated rings. The molecular weight excluding hydrogens is 460 g/mol. The number of H-pyrrole nitrogens is 1. The van der Waals surface area contributed by atoms with Crippen molar-refractivity contribution in [3.8, 4) is 11.3 Å². The normalized spacial score (nSPS) is 25.8. The van der Waals surface area contributed by atoms with Gasteiger partial charge in [-0.05, 0) is 104 Å². The molecule has 4 aliphatic carbocycles. The maximum absolute atomic E-state index is 13.2. The predicted molar refractivity (Wildman–Crippen MR) is 144 cm³/mol. The van der Waals surface area contributed by atoms with Crippen LogP contribution in [0.3, 0.4) is 0 Å². The smallest absolute Gasteiger partial charge is 0.274 e. The molecule has 6 heteroatoms. The summed E-state index contributed by atoms with van der Waals surface area (Å²) in [5.41, 5.74) is 4.72. The van der Waals surface area contributed by atoms with Crippen LogP contribution in [-0.4, -0.2) is 27.8 Å². The number of hydrogen-bond donors (Lipinski definition) is 3. The number of aromatic nitrogens is 2. The maximum atomic E-state index is 13.2. The molecule has 4 aliphatic rings. The number of aromatic amines is 1. The van der Waals surface area contributed by atoms with Crippen LogP contribution in [-0.2, 0) is 0 Å². The summed E-state index contributed by atoms with van der Waals surface area (Å²) in [5, 5.41) is 7.37. The quantitative estimate of drug-likeness (QED) is 0.319. The molecule has 0 unspecified atom stereocenters. The van der Waals surface area contributed by atoms with E-state index in [1.165, 1.54) is 32.1 Å². The molecule has 186 valence electrons. The lowest BCUT2D eigenvalue weighted by Gasteiger charge is -2.54. The van der Waals surface area contributed by atoms with Crippen LogP contribution in [0.1, 0.15) is 53.0 Å². The zero-order valence-electron chi connectivity index (χ0n) is 20.6. The Morgan fingerprint density at radius 1 is 0.811 bits per heavy atom. The van der Waals surface area contributed by atoms with Gasteiger partial charge in [0.15, 0.2) is 0 Å². The standard InChI is InChI=1S/C31H30N4O2/c36-30(35-29-23-12-18-11-19(14-23)15-24(29)13-18)22-5-4-21-16-27(34-28(21)17-22)20-6-8-25(9-7-20)33-31(37)26-3-1-2-10-32-26/h1-10,16-19,23-24,29,34H,11-15H2,(H,33,37)(H,35,36). The second-order valence-electron chi connectivity index (χ2n) is 11.2. The van der Waals surface area contributed by atoms with Crippen LogP contribution >= 0.6 is 0 Å². The topological polar surface area (TPSA) is 86.9 Å². The van der Waals surface area contributed by atoms with Crippen LogP contribution in [0, 0.1) is 23.7 Å². The second-order valence-corrected chi connectivity index (χ2v) is 11.2. The van der Waals surface area contributed by atoms with E-state index in [9.17, 15) is 9.59 Å². The maximum Gasteiger partial charge on any atom is 0.274 e. The molecule has 4 bridgehead atoms. The van der Waals surface area contributed by atoms with Gasteiger partial charge in [-0.1, -0.05) is 24.3 Å². The number of fused-ring (bicyclic) bond motifs is 1. The molecule has 2 aromatic heterocycles. The lowest BCUT2D eigenvalue weighted by atomic mass is 9.54. The first kappa shape index (κ1) is 22.3. The number of pyridine rings is 1. The van der Waals surface area contributed by atoms with E-state index in [0.717, 1.165) is 34.0 Å². The Morgan fingerprint density at radius 3 is 2.27 bits per heavy atom. The highest BCUT2D eigenvalue weighted by atomic mass is 16.2. The average molecular weight is 491 g/mol. The van der Waals surface area contributed by atoms with Crippen LogP contribution in [0.25, 0.3) is 22.2 Å². The lowest BCUT2D eigenvalue weighted by molar-refractivity contribution is -0.0119. The summed E-state index contributed by atoms with van der Waals surface area (Å²) in [4.78, 5) is 33.1. The van der Waals surface area contributed by atoms with E-state index in [2.05, 4.69) is 26.7 Å². The summed E-state index contributed by atoms with van der Waals surface area (Å²) < 4.78 is 0. The Labute approximate surface area is 215 Å². The van der Waals surface area contributed by atoms with Crippen molar-refractivity contribution in [2.75, 3.05) is 5.32 Å². The first-order chi connectivity index (χ1) is 18.1. The van der Waals surface area contributed by atoms with E-state index in [0.29, 0.717) is 34.8 Å². The molecule has 4 aromatic rings. The average Bonchev–Trinajstić information content (AvgIpc) is 3.35. The van der Waals surface area contributed by atoms with Crippen molar-refractivity contribution in [1.29, 1.82) is 0 Å². The van der Waals surface area contributed by atoms with E-state index in [1.807, 2.05) is 42.5 Å². The summed E-state index contributed by atoms with van der Waals surface area (Å²) in [6.45, 7) is 0. The van der Waals surface area contributed by atoms with E-state index in [4.69, 9.17) is 0 Å². The van der Waals surface area contributed by atoms with Crippen molar-refractivity contribution >= 4 is 28.4 Å². The number of benzene rings is 2. The first-order valence-electron chi connectivity index (χ1n) is 13.4. The Kier molecular flexibility index (Phi) is 5.34. The van der Waals surface area contributed by atoms with Gasteiger partial charge < -0.3 is 15.6 Å². The van der Waals surface area contributed by atoms with Gasteiger partial charge >= 0.3 is 0 Å². The molecule has 0 radical (unpaired) electrons. The lowest BCUT2D eigenvalue weighted by Crippen LogP contribution is -2.55. The fraction of sp³-hybridized carbons (Fsp3) is 0.323. The third-order valence-electron chi connectivity index (χ3n) is 8.76. The van der Waals surface area contributed by atoms with Gasteiger partial charge in [-0.2, -0.15) is 0 Å². The summed E-state index contributed by atoms with van der Waals surface area (Å²) in [7, 11) is 0. The SMILES string of the molecule is O=C(NC1C2CC3CC(C2)CC1C3)c1ccc2cc(-c3ccc(NC(=O)c4ccccn4)cc3)[nH]c2c1. The van der Waals surface area contributed by atoms with Gasteiger partial charge in [-0.25, -0.2) is 0 Å². The van der Waals surface area contributed by atoms with Gasteiger partial charge in [0, 0.05) is 40.1 Å². The summed E-state index contributed by atoms with van der Waals surface area (Å²) in [6, 6.07) is 21.3. The predicted octanol–water partition coefficient (Wildman–Crippen LogP) is 6.04. The van der Waals surface area contributed by atoms with Crippen LogP contribution in [0.5, 0.6) is 0 Å². The molecule has 4 saturated carbocycles. The third kappa shape index (κ3) is 4.20. The molecule has 37 heavy (non-hydrogen) atoms. The molecule has 0 atom stereocenters. The van der Waals surface area contributed by atoms with E-state index in [1.54, 1.807) is 24.4 Å². The van der Waals surface area contributed by atoms with Gasteiger partial charge in [-0.3, -0.25) is 14.6 Å². The molecule has 8 rings (SSSR count). The minimum atomic E-state index is -0.238. The number of rotatable bonds is 5. The number of amides is 2. The largest absolute Gasteiger partial charge is 0.355 e. The second kappa shape index (κ2) is 8.87. The summed E-state index contributed by atoms with van der Waals surface area (Å²) in [5.74, 6) is 2.93. The van der Waals surface area contributed by atoms with E-state index < -0.39 is 0 Å². The highest BCUT2D eigenvalue weighted by Crippen LogP contribution is 2.53. The Bertz CT molecular complexity index is 1450. The number of anilines is 1. The summed E-state index contributed by atoms with van der Waals surface area (Å²) >= 11 is 0. The van der Waals surface area contributed by atoms with Crippen LogP contribution in [0.2, 0.25) is 0 Å². The zero-order chi connectivity index (χ0) is 24.9. The van der Waals surface area contributed by atoms with Crippen molar-refractivity contribution in [1.82, 2.24) is 15.3 Å². The molecule has 2 aromatic carbocycles. The Morgan fingerprint density at radius 2 is 1.57 bits per heavy atom. The number of hydrogen-bond acceptors (Lipinski definition) is 3. The van der Waals surface area contributed by atoms with Gasteiger partial charge in [0.25, 0.3) is 11.8 Å². The fourth-order valence-electron chi connectivity index (χ4n) is 7.24. The molecular formula is C31H30N4O2. The Balaban J connectivity index is 1.05. The summed E-state index contributed by atoms with van der Waals surface area (Å²) in [6.07, 6.45) is 8.20. The van der Waals surface area contributed by atoms with Crippen LogP contribution in [0.4, 0.5) is 5.69 Å². The minimum Gasteiger partial charge on any atom is -0.355 e. The first-order valence-corrected chi connectivity index (χ1v) is 13.4. The monoisotopic (exact) mass is 490 g/mol. The molecule has 0 spiro atoms. The number of carbonyl (C=O) groups is 2. The number of nitrogens with one attached hydrogen (secondary N) is 3. The van der Waals surface area contributed by atoms with Crippen molar-refractivity contribution in [3.05, 3.63) is 84.2 Å². The molecule has 6 nitrogen and oxygen atoms in total. The van der Waals surface area contributed by atoms with Crippen molar-refractivity contribution in [2.24, 2.45) is 23.7 Å². The zero-order valence-corrected chi connectivity index (χ0v) is 20.6. The Hall–Kier alpha value is -3.93. The number of carbonyl (C=O) groups excluding carboxylic acids is 2. The highest BCUT2D eigenvalue weighted by molar-refractivity contribution is 6.03. The highest BCUT2D eigenvalue weighted by Gasteiger charge is 2.48. The van der Waals surface area contributed by atoms with Gasteiger partial charge in [0.1, 0.15) is 5.69 Å². The number of nitrogens with zero attached hydrogens (tertiary/aromatic N) is 1. The van der Waals surface area contributed by atoms with E-state index >= 15 is 0 Å². The van der Waals surface area contributed by atoms with Crippen molar-refractivity contribution in [2.45, 2.75) is 38.1 Å². The molecule has 0 aliphatic heterocycles. The molecule has 2 amide bonds. The van der Waals surface area contributed by atoms with Crippen LogP contribution < -0.4 is 10.6 Å². The van der Waals surface area contributed by atoms with E-state index in [-0.39, 0.29) is 11.8 Å². The molecule has 2 heterocycles. The van der Waals surface area contributed by atoms with Crippen LogP contribution in [0.15, 0.2) is 72.9 Å².